The highest BCUT2D eigenvalue weighted by Crippen LogP contribution is 2.34. The van der Waals surface area contributed by atoms with Crippen LogP contribution in [0.5, 0.6) is 0 Å². The maximum atomic E-state index is 12.9. The van der Waals surface area contributed by atoms with E-state index in [9.17, 15) is 18.0 Å². The van der Waals surface area contributed by atoms with Gasteiger partial charge in [-0.3, -0.25) is 0 Å². The van der Waals surface area contributed by atoms with Gasteiger partial charge >= 0.3 is 12.1 Å². The minimum atomic E-state index is -4.68. The molecule has 0 saturated heterocycles. The predicted molar refractivity (Wildman–Crippen MR) is 71.1 cm³/mol. The number of rotatable bonds is 5. The van der Waals surface area contributed by atoms with Crippen molar-refractivity contribution in [3.63, 3.8) is 0 Å². The van der Waals surface area contributed by atoms with Gasteiger partial charge in [0, 0.05) is 19.3 Å². The van der Waals surface area contributed by atoms with Gasteiger partial charge in [0.2, 0.25) is 0 Å². The number of carbonyl (C=O) groups is 1. The van der Waals surface area contributed by atoms with Crippen molar-refractivity contribution in [2.45, 2.75) is 26.4 Å². The van der Waals surface area contributed by atoms with Gasteiger partial charge < -0.3 is 10.0 Å². The number of carboxylic acids is 1. The quantitative estimate of drug-likeness (QED) is 0.894. The summed E-state index contributed by atoms with van der Waals surface area (Å²) < 4.78 is 38.7. The monoisotopic (exact) mass is 289 g/mol. The largest absolute Gasteiger partial charge is 0.478 e. The van der Waals surface area contributed by atoms with Crippen molar-refractivity contribution >= 4 is 11.7 Å². The number of anilines is 1. The number of aromatic carboxylic acids is 1. The molecule has 6 heteroatoms. The summed E-state index contributed by atoms with van der Waals surface area (Å²) in [5, 5.41) is 8.82. The van der Waals surface area contributed by atoms with E-state index in [1.165, 1.54) is 6.07 Å². The Morgan fingerprint density at radius 1 is 1.35 bits per heavy atom. The van der Waals surface area contributed by atoms with Crippen LogP contribution in [0.2, 0.25) is 0 Å². The van der Waals surface area contributed by atoms with Gasteiger partial charge in [0.05, 0.1) is 11.1 Å². The number of nitrogens with zero attached hydrogens (tertiary/aromatic N) is 1. The van der Waals surface area contributed by atoms with E-state index in [-0.39, 0.29) is 0 Å². The summed E-state index contributed by atoms with van der Waals surface area (Å²) in [7, 11) is 1.69. The number of hydrogen-bond donors (Lipinski definition) is 1. The van der Waals surface area contributed by atoms with E-state index < -0.39 is 23.3 Å². The number of benzene rings is 1. The van der Waals surface area contributed by atoms with Gasteiger partial charge in [-0.05, 0) is 30.5 Å². The number of hydrogen-bond acceptors (Lipinski definition) is 2. The van der Waals surface area contributed by atoms with Crippen molar-refractivity contribution < 1.29 is 23.1 Å². The summed E-state index contributed by atoms with van der Waals surface area (Å²) in [6.07, 6.45) is -3.83. The van der Waals surface area contributed by atoms with Gasteiger partial charge in [-0.15, -0.1) is 0 Å². The molecule has 0 atom stereocenters. The van der Waals surface area contributed by atoms with Crippen LogP contribution in [0.25, 0.3) is 0 Å². The van der Waals surface area contributed by atoms with Crippen molar-refractivity contribution in [2.24, 2.45) is 5.92 Å². The lowest BCUT2D eigenvalue weighted by atomic mass is 10.1. The maximum Gasteiger partial charge on any atom is 0.417 e. The molecule has 112 valence electrons. The van der Waals surface area contributed by atoms with Gasteiger partial charge in [0.25, 0.3) is 0 Å². The molecule has 0 aliphatic heterocycles. The van der Waals surface area contributed by atoms with Crippen molar-refractivity contribution in [1.82, 2.24) is 0 Å². The highest BCUT2D eigenvalue weighted by Gasteiger charge is 2.35. The second kappa shape index (κ2) is 6.15. The second-order valence-corrected chi connectivity index (χ2v) is 5.14. The summed E-state index contributed by atoms with van der Waals surface area (Å²) in [5.41, 5.74) is -1.47. The molecule has 1 N–H and O–H groups in total. The lowest BCUT2D eigenvalue weighted by Crippen LogP contribution is -2.21. The van der Waals surface area contributed by atoms with E-state index in [4.69, 9.17) is 5.11 Å². The van der Waals surface area contributed by atoms with Crippen molar-refractivity contribution in [3.05, 3.63) is 29.3 Å². The molecule has 0 radical (unpaired) electrons. The van der Waals surface area contributed by atoms with E-state index in [1.54, 1.807) is 11.9 Å². The van der Waals surface area contributed by atoms with Gasteiger partial charge in [-0.2, -0.15) is 13.2 Å². The predicted octanol–water partition coefficient (Wildman–Crippen LogP) is 3.89. The SMILES string of the molecule is CC(C)CCN(C)c1ccc(C(=O)O)c(C(F)(F)F)c1. The van der Waals surface area contributed by atoms with Crippen LogP contribution in [0.15, 0.2) is 18.2 Å². The third-order valence-corrected chi connectivity index (χ3v) is 3.02. The summed E-state index contributed by atoms with van der Waals surface area (Å²) in [6, 6.07) is 3.30. The maximum absolute atomic E-state index is 12.9. The van der Waals surface area contributed by atoms with Crippen LogP contribution in [0.3, 0.4) is 0 Å². The molecule has 0 bridgehead atoms. The Morgan fingerprint density at radius 2 is 1.95 bits per heavy atom. The van der Waals surface area contributed by atoms with Gasteiger partial charge in [-0.25, -0.2) is 4.79 Å². The van der Waals surface area contributed by atoms with E-state index in [2.05, 4.69) is 0 Å². The van der Waals surface area contributed by atoms with E-state index >= 15 is 0 Å². The molecule has 0 saturated carbocycles. The van der Waals surface area contributed by atoms with Crippen molar-refractivity contribution in [3.8, 4) is 0 Å². The summed E-state index contributed by atoms with van der Waals surface area (Å²) >= 11 is 0. The van der Waals surface area contributed by atoms with E-state index in [0.717, 1.165) is 18.6 Å². The van der Waals surface area contributed by atoms with Crippen LogP contribution in [0.1, 0.15) is 36.2 Å². The van der Waals surface area contributed by atoms with Gasteiger partial charge in [0.1, 0.15) is 0 Å². The first kappa shape index (κ1) is 16.3. The molecular weight excluding hydrogens is 271 g/mol. The Morgan fingerprint density at radius 3 is 2.40 bits per heavy atom. The molecule has 0 unspecified atom stereocenters. The molecule has 3 nitrogen and oxygen atoms in total. The zero-order chi connectivity index (χ0) is 15.5. The fraction of sp³-hybridized carbons (Fsp3) is 0.500. The first-order chi connectivity index (χ1) is 9.12. The average molecular weight is 289 g/mol. The van der Waals surface area contributed by atoms with Crippen LogP contribution < -0.4 is 4.90 Å². The Hall–Kier alpha value is -1.72. The molecule has 0 heterocycles. The molecule has 1 aromatic carbocycles. The minimum absolute atomic E-state index is 0.364. The third kappa shape index (κ3) is 4.15. The Balaban J connectivity index is 3.10. The standard InChI is InChI=1S/C14H18F3NO2/c1-9(2)6-7-18(3)10-4-5-11(13(19)20)12(8-10)14(15,16)17/h4-5,8-9H,6-7H2,1-3H3,(H,19,20). The number of alkyl halides is 3. The highest BCUT2D eigenvalue weighted by atomic mass is 19.4. The molecule has 0 aliphatic carbocycles. The van der Waals surface area contributed by atoms with Crippen molar-refractivity contribution in [2.75, 3.05) is 18.5 Å². The molecule has 1 rings (SSSR count). The molecule has 20 heavy (non-hydrogen) atoms. The van der Waals surface area contributed by atoms with E-state index in [1.807, 2.05) is 13.8 Å². The normalized spacial score (nSPS) is 11.8. The molecule has 0 aromatic heterocycles. The van der Waals surface area contributed by atoms with Crippen LogP contribution in [0.4, 0.5) is 18.9 Å². The minimum Gasteiger partial charge on any atom is -0.478 e. The number of carboxylic acid groups (broad SMARTS) is 1. The summed E-state index contributed by atoms with van der Waals surface area (Å²) in [5.74, 6) is -1.13. The molecular formula is C14H18F3NO2. The lowest BCUT2D eigenvalue weighted by molar-refractivity contribution is -0.138. The molecule has 0 fully saturated rings. The van der Waals surface area contributed by atoms with Crippen LogP contribution in [0, 0.1) is 5.92 Å². The number of halogens is 3. The zero-order valence-electron chi connectivity index (χ0n) is 11.7. The Kier molecular flexibility index (Phi) is 5.03. The van der Waals surface area contributed by atoms with Crippen LogP contribution >= 0.6 is 0 Å². The topological polar surface area (TPSA) is 40.5 Å². The average Bonchev–Trinajstić information content (AvgIpc) is 2.33. The Labute approximate surface area is 116 Å². The van der Waals surface area contributed by atoms with E-state index in [0.29, 0.717) is 18.2 Å². The molecule has 0 spiro atoms. The lowest BCUT2D eigenvalue weighted by Gasteiger charge is -2.22. The first-order valence-electron chi connectivity index (χ1n) is 6.28. The highest BCUT2D eigenvalue weighted by molar-refractivity contribution is 5.90. The van der Waals surface area contributed by atoms with Crippen LogP contribution in [-0.2, 0) is 6.18 Å². The molecule has 0 amide bonds. The fourth-order valence-corrected chi connectivity index (χ4v) is 1.77. The fourth-order valence-electron chi connectivity index (χ4n) is 1.77. The van der Waals surface area contributed by atoms with Gasteiger partial charge in [-0.1, -0.05) is 13.8 Å². The van der Waals surface area contributed by atoms with Crippen LogP contribution in [-0.4, -0.2) is 24.7 Å². The summed E-state index contributed by atoms with van der Waals surface area (Å²) in [4.78, 5) is 12.5. The zero-order valence-corrected chi connectivity index (χ0v) is 11.7. The summed E-state index contributed by atoms with van der Waals surface area (Å²) in [6.45, 7) is 4.67. The first-order valence-corrected chi connectivity index (χ1v) is 6.28. The molecule has 0 aliphatic rings. The second-order valence-electron chi connectivity index (χ2n) is 5.14. The van der Waals surface area contributed by atoms with Gasteiger partial charge in [0.15, 0.2) is 0 Å². The smallest absolute Gasteiger partial charge is 0.417 e. The van der Waals surface area contributed by atoms with Crippen molar-refractivity contribution in [1.29, 1.82) is 0 Å². The Bertz CT molecular complexity index is 484. The molecule has 1 aromatic rings. The third-order valence-electron chi connectivity index (χ3n) is 3.02.